The van der Waals surface area contributed by atoms with Crippen LogP contribution >= 0.6 is 0 Å². The Morgan fingerprint density at radius 1 is 1.15 bits per heavy atom. The summed E-state index contributed by atoms with van der Waals surface area (Å²) in [4.78, 5) is 0. The summed E-state index contributed by atoms with van der Waals surface area (Å²) in [6.45, 7) is 3.92. The van der Waals surface area contributed by atoms with E-state index in [4.69, 9.17) is 9.31 Å². The Bertz CT molecular complexity index is 268. The van der Waals surface area contributed by atoms with Crippen molar-refractivity contribution in [3.8, 4) is 0 Å². The molecule has 0 fully saturated rings. The minimum Gasteiger partial charge on any atom is -0.410 e. The van der Waals surface area contributed by atoms with Gasteiger partial charge in [-0.3, -0.25) is 0 Å². The van der Waals surface area contributed by atoms with Crippen LogP contribution in [0.1, 0.15) is 5.56 Å². The maximum absolute atomic E-state index is 5.09. The normalized spacial score (nSPS) is 9.69. The van der Waals surface area contributed by atoms with E-state index in [-0.39, 0.29) is 7.12 Å². The van der Waals surface area contributed by atoms with E-state index in [2.05, 4.69) is 6.58 Å². The second kappa shape index (κ2) is 4.85. The third-order valence-corrected chi connectivity index (χ3v) is 1.86. The van der Waals surface area contributed by atoms with Crippen molar-refractivity contribution in [1.82, 2.24) is 0 Å². The van der Waals surface area contributed by atoms with Crippen molar-refractivity contribution in [3.63, 3.8) is 0 Å². The van der Waals surface area contributed by atoms with Crippen LogP contribution in [0.3, 0.4) is 0 Å². The Morgan fingerprint density at radius 2 is 1.69 bits per heavy atom. The predicted octanol–water partition coefficient (Wildman–Crippen LogP) is 2.02. The van der Waals surface area contributed by atoms with Gasteiger partial charge in [-0.15, -0.1) is 0 Å². The molecule has 0 aromatic heterocycles. The van der Waals surface area contributed by atoms with Gasteiger partial charge in [0, 0.05) is 14.2 Å². The fourth-order valence-corrected chi connectivity index (χ4v) is 1.17. The number of benzene rings is 1. The Kier molecular flexibility index (Phi) is 3.74. The lowest BCUT2D eigenvalue weighted by molar-refractivity contribution is 0.293. The van der Waals surface area contributed by atoms with Crippen LogP contribution in [0.4, 0.5) is 0 Å². The van der Waals surface area contributed by atoms with Gasteiger partial charge in [-0.1, -0.05) is 36.9 Å². The highest BCUT2D eigenvalue weighted by Gasteiger charge is 2.19. The Hall–Kier alpha value is -1.06. The van der Waals surface area contributed by atoms with Crippen molar-refractivity contribution in [1.29, 1.82) is 0 Å². The molecule has 68 valence electrons. The molecule has 0 atom stereocenters. The summed E-state index contributed by atoms with van der Waals surface area (Å²) >= 11 is 0. The summed E-state index contributed by atoms with van der Waals surface area (Å²) in [5.41, 5.74) is 1.88. The predicted molar refractivity (Wildman–Crippen MR) is 55.2 cm³/mol. The Morgan fingerprint density at radius 3 is 2.15 bits per heavy atom. The van der Waals surface area contributed by atoms with Gasteiger partial charge in [0.2, 0.25) is 0 Å². The van der Waals surface area contributed by atoms with Crippen LogP contribution in [0.5, 0.6) is 0 Å². The quantitative estimate of drug-likeness (QED) is 0.653. The zero-order valence-electron chi connectivity index (χ0n) is 7.99. The largest absolute Gasteiger partial charge is 0.493 e. The van der Waals surface area contributed by atoms with Crippen molar-refractivity contribution in [2.75, 3.05) is 14.2 Å². The minimum absolute atomic E-state index is 0.359. The van der Waals surface area contributed by atoms with Gasteiger partial charge >= 0.3 is 7.12 Å². The number of hydrogen-bond acceptors (Lipinski definition) is 2. The average Bonchev–Trinajstić information content (AvgIpc) is 2.21. The van der Waals surface area contributed by atoms with Crippen LogP contribution in [-0.2, 0) is 9.31 Å². The molecule has 0 radical (unpaired) electrons. The van der Waals surface area contributed by atoms with Crippen LogP contribution in [0, 0.1) is 0 Å². The smallest absolute Gasteiger partial charge is 0.410 e. The van der Waals surface area contributed by atoms with Gasteiger partial charge < -0.3 is 9.31 Å². The van der Waals surface area contributed by atoms with Crippen molar-refractivity contribution >= 4 is 12.6 Å². The van der Waals surface area contributed by atoms with Crippen LogP contribution in [0.25, 0.3) is 5.47 Å². The summed E-state index contributed by atoms with van der Waals surface area (Å²) in [5.74, 6) is 0. The first kappa shape index (κ1) is 10.0. The fourth-order valence-electron chi connectivity index (χ4n) is 1.17. The lowest BCUT2D eigenvalue weighted by Crippen LogP contribution is -2.20. The van der Waals surface area contributed by atoms with Crippen LogP contribution in [-0.4, -0.2) is 21.3 Å². The van der Waals surface area contributed by atoms with E-state index in [1.165, 1.54) is 0 Å². The van der Waals surface area contributed by atoms with E-state index >= 15 is 0 Å². The van der Waals surface area contributed by atoms with E-state index in [0.717, 1.165) is 11.0 Å². The minimum atomic E-state index is -0.359. The van der Waals surface area contributed by atoms with E-state index in [9.17, 15) is 0 Å². The molecule has 1 rings (SSSR count). The lowest BCUT2D eigenvalue weighted by atomic mass is 9.75. The molecule has 2 nitrogen and oxygen atoms in total. The lowest BCUT2D eigenvalue weighted by Gasteiger charge is -2.11. The first-order chi connectivity index (χ1) is 6.29. The van der Waals surface area contributed by atoms with E-state index < -0.39 is 0 Å². The molecule has 0 saturated heterocycles. The van der Waals surface area contributed by atoms with Crippen LogP contribution in [0.2, 0.25) is 0 Å². The Balaban J connectivity index is 2.78. The summed E-state index contributed by atoms with van der Waals surface area (Å²) < 4.78 is 10.2. The SMILES string of the molecule is C=C(B(OC)OC)c1ccccc1. The number of hydrogen-bond donors (Lipinski definition) is 0. The summed E-state index contributed by atoms with van der Waals surface area (Å²) in [6.07, 6.45) is 0. The molecular weight excluding hydrogens is 163 g/mol. The van der Waals surface area contributed by atoms with E-state index in [0.29, 0.717) is 0 Å². The van der Waals surface area contributed by atoms with E-state index in [1.54, 1.807) is 14.2 Å². The van der Waals surface area contributed by atoms with Crippen molar-refractivity contribution in [3.05, 3.63) is 42.5 Å². The highest BCUT2D eigenvalue weighted by Crippen LogP contribution is 2.15. The molecule has 0 unspecified atom stereocenters. The molecule has 1 aromatic rings. The molecule has 0 N–H and O–H groups in total. The van der Waals surface area contributed by atoms with Gasteiger partial charge in [-0.25, -0.2) is 0 Å². The molecule has 0 amide bonds. The summed E-state index contributed by atoms with van der Waals surface area (Å²) in [7, 11) is 2.84. The van der Waals surface area contributed by atoms with Gasteiger partial charge in [-0.2, -0.15) is 0 Å². The van der Waals surface area contributed by atoms with Crippen LogP contribution in [0.15, 0.2) is 36.9 Å². The zero-order valence-corrected chi connectivity index (χ0v) is 7.99. The fraction of sp³-hybridized carbons (Fsp3) is 0.200. The maximum Gasteiger partial charge on any atom is 0.493 e. The van der Waals surface area contributed by atoms with Gasteiger partial charge in [-0.05, 0) is 11.0 Å². The molecule has 0 aliphatic heterocycles. The first-order valence-electron chi connectivity index (χ1n) is 4.09. The third-order valence-electron chi connectivity index (χ3n) is 1.86. The van der Waals surface area contributed by atoms with Crippen molar-refractivity contribution in [2.45, 2.75) is 0 Å². The maximum atomic E-state index is 5.09. The van der Waals surface area contributed by atoms with Crippen LogP contribution < -0.4 is 0 Å². The molecule has 0 aliphatic rings. The van der Waals surface area contributed by atoms with Crippen molar-refractivity contribution < 1.29 is 9.31 Å². The first-order valence-corrected chi connectivity index (χ1v) is 4.09. The molecule has 13 heavy (non-hydrogen) atoms. The molecule has 1 aromatic carbocycles. The van der Waals surface area contributed by atoms with Gasteiger partial charge in [0.05, 0.1) is 0 Å². The zero-order chi connectivity index (χ0) is 9.68. The standard InChI is InChI=1S/C10H13BO2/c1-9(11(12-2)13-3)10-7-5-4-6-8-10/h4-8H,1H2,2-3H3. The molecule has 0 bridgehead atoms. The molecule has 3 heteroatoms. The van der Waals surface area contributed by atoms with Gasteiger partial charge in [0.1, 0.15) is 0 Å². The van der Waals surface area contributed by atoms with Gasteiger partial charge in [0.15, 0.2) is 0 Å². The monoisotopic (exact) mass is 176 g/mol. The second-order valence-electron chi connectivity index (χ2n) is 2.69. The average molecular weight is 176 g/mol. The Labute approximate surface area is 79.3 Å². The summed E-state index contributed by atoms with van der Waals surface area (Å²) in [6, 6.07) is 9.85. The molecular formula is C10H13BO2. The number of rotatable bonds is 4. The third kappa shape index (κ3) is 2.44. The van der Waals surface area contributed by atoms with Gasteiger partial charge in [0.25, 0.3) is 0 Å². The highest BCUT2D eigenvalue weighted by molar-refractivity contribution is 6.67. The summed E-state index contributed by atoms with van der Waals surface area (Å²) in [5, 5.41) is 0. The molecule has 0 aliphatic carbocycles. The topological polar surface area (TPSA) is 18.5 Å². The second-order valence-corrected chi connectivity index (χ2v) is 2.69. The molecule has 0 saturated carbocycles. The highest BCUT2D eigenvalue weighted by atomic mass is 16.6. The molecule has 0 spiro atoms. The van der Waals surface area contributed by atoms with E-state index in [1.807, 2.05) is 30.3 Å². The molecule has 0 heterocycles. The van der Waals surface area contributed by atoms with Crippen molar-refractivity contribution in [2.24, 2.45) is 0 Å².